The summed E-state index contributed by atoms with van der Waals surface area (Å²) in [5.74, 6) is 1.80. The number of carbonyl (C=O) groups excluding carboxylic acids is 1. The van der Waals surface area contributed by atoms with Crippen molar-refractivity contribution >= 4 is 11.9 Å². The van der Waals surface area contributed by atoms with Crippen molar-refractivity contribution in [1.29, 1.82) is 0 Å². The van der Waals surface area contributed by atoms with Gasteiger partial charge in [0.1, 0.15) is 17.2 Å². The van der Waals surface area contributed by atoms with Crippen LogP contribution in [0.5, 0.6) is 17.2 Å². The predicted molar refractivity (Wildman–Crippen MR) is 108 cm³/mol. The molecule has 0 atom stereocenters. The Morgan fingerprint density at radius 3 is 2.56 bits per heavy atom. The first-order valence-electron chi connectivity index (χ1n) is 8.85. The molecule has 0 unspecified atom stereocenters. The van der Waals surface area contributed by atoms with E-state index < -0.39 is 0 Å². The van der Waals surface area contributed by atoms with E-state index in [-0.39, 0.29) is 5.78 Å². The second-order valence-corrected chi connectivity index (χ2v) is 6.34. The Morgan fingerprint density at radius 2 is 1.85 bits per heavy atom. The summed E-state index contributed by atoms with van der Waals surface area (Å²) in [6.45, 7) is 1.64. The molecule has 5 heteroatoms. The van der Waals surface area contributed by atoms with Crippen LogP contribution in [0.3, 0.4) is 0 Å². The molecule has 0 heterocycles. The quantitative estimate of drug-likeness (QED) is 0.361. The molecular formula is C22H27NO4. The molecule has 0 aromatic heterocycles. The first kappa shape index (κ1) is 20.5. The average Bonchev–Trinajstić information content (AvgIpc) is 2.69. The van der Waals surface area contributed by atoms with Gasteiger partial charge in [0.25, 0.3) is 0 Å². The van der Waals surface area contributed by atoms with Crippen molar-refractivity contribution in [2.45, 2.75) is 6.42 Å². The molecule has 27 heavy (non-hydrogen) atoms. The van der Waals surface area contributed by atoms with Crippen molar-refractivity contribution in [1.82, 2.24) is 4.90 Å². The Bertz CT molecular complexity index is 784. The smallest absolute Gasteiger partial charge is 0.189 e. The maximum absolute atomic E-state index is 12.5. The number of carbonyl (C=O) groups is 1. The summed E-state index contributed by atoms with van der Waals surface area (Å²) in [5, 5.41) is 0. The molecule has 0 N–H and O–H groups in total. The van der Waals surface area contributed by atoms with Gasteiger partial charge < -0.3 is 19.1 Å². The molecule has 0 spiro atoms. The zero-order valence-electron chi connectivity index (χ0n) is 16.4. The van der Waals surface area contributed by atoms with E-state index in [9.17, 15) is 4.79 Å². The summed E-state index contributed by atoms with van der Waals surface area (Å²) < 4.78 is 16.2. The van der Waals surface area contributed by atoms with Crippen LogP contribution in [-0.2, 0) is 0 Å². The van der Waals surface area contributed by atoms with Crippen molar-refractivity contribution in [3.8, 4) is 17.2 Å². The lowest BCUT2D eigenvalue weighted by atomic mass is 10.1. The number of nitrogens with zero attached hydrogens (tertiary/aromatic N) is 1. The van der Waals surface area contributed by atoms with Crippen molar-refractivity contribution < 1.29 is 19.0 Å². The fourth-order valence-electron chi connectivity index (χ4n) is 2.54. The fraction of sp³-hybridized carbons (Fsp3) is 0.318. The first-order chi connectivity index (χ1) is 13.0. The van der Waals surface area contributed by atoms with E-state index in [4.69, 9.17) is 14.2 Å². The maximum Gasteiger partial charge on any atom is 0.189 e. The van der Waals surface area contributed by atoms with Crippen LogP contribution >= 0.6 is 0 Å². The monoisotopic (exact) mass is 369 g/mol. The Balaban J connectivity index is 2.03. The van der Waals surface area contributed by atoms with Crippen LogP contribution < -0.4 is 14.2 Å². The summed E-state index contributed by atoms with van der Waals surface area (Å²) in [5.41, 5.74) is 1.39. The number of ether oxygens (including phenoxy) is 3. The molecule has 0 amide bonds. The third-order valence-electron chi connectivity index (χ3n) is 3.98. The number of hydrogen-bond donors (Lipinski definition) is 0. The van der Waals surface area contributed by atoms with Crippen molar-refractivity contribution in [2.24, 2.45) is 0 Å². The van der Waals surface area contributed by atoms with Gasteiger partial charge >= 0.3 is 0 Å². The van der Waals surface area contributed by atoms with Gasteiger partial charge in [0, 0.05) is 12.6 Å². The van der Waals surface area contributed by atoms with Gasteiger partial charge in [-0.3, -0.25) is 4.79 Å². The summed E-state index contributed by atoms with van der Waals surface area (Å²) in [4.78, 5) is 14.6. The molecule has 0 aliphatic heterocycles. The van der Waals surface area contributed by atoms with Crippen molar-refractivity contribution in [3.05, 3.63) is 59.7 Å². The Morgan fingerprint density at radius 1 is 1.04 bits per heavy atom. The molecule has 0 aliphatic carbocycles. The second-order valence-electron chi connectivity index (χ2n) is 6.34. The van der Waals surface area contributed by atoms with Gasteiger partial charge in [-0.05, 0) is 56.4 Å². The van der Waals surface area contributed by atoms with Crippen LogP contribution in [0.4, 0.5) is 0 Å². The summed E-state index contributed by atoms with van der Waals surface area (Å²) in [6.07, 6.45) is 4.27. The van der Waals surface area contributed by atoms with E-state index in [1.54, 1.807) is 31.4 Å². The predicted octanol–water partition coefficient (Wildman–Crippen LogP) is 3.93. The zero-order chi connectivity index (χ0) is 19.6. The minimum absolute atomic E-state index is 0.133. The summed E-state index contributed by atoms with van der Waals surface area (Å²) in [6, 6.07) is 12.8. The number of allylic oxidation sites excluding steroid dienone is 1. The third kappa shape index (κ3) is 6.46. The third-order valence-corrected chi connectivity index (χ3v) is 3.98. The highest BCUT2D eigenvalue weighted by Crippen LogP contribution is 2.25. The van der Waals surface area contributed by atoms with E-state index in [0.29, 0.717) is 23.7 Å². The van der Waals surface area contributed by atoms with Gasteiger partial charge in [-0.15, -0.1) is 0 Å². The number of ketones is 1. The lowest BCUT2D eigenvalue weighted by Gasteiger charge is -2.10. The zero-order valence-corrected chi connectivity index (χ0v) is 16.4. The molecule has 2 aromatic carbocycles. The Kier molecular flexibility index (Phi) is 7.89. The molecule has 0 radical (unpaired) electrons. The second kappa shape index (κ2) is 10.4. The van der Waals surface area contributed by atoms with E-state index >= 15 is 0 Å². The highest BCUT2D eigenvalue weighted by molar-refractivity contribution is 6.08. The standard InChI is InChI=1S/C22H27NO4/c1-23(2)13-6-14-27-19-8-5-7-17(15-19)9-12-21(24)20-11-10-18(25-3)16-22(20)26-4/h5,7-12,15-16H,6,13-14H2,1-4H3. The van der Waals surface area contributed by atoms with Crippen LogP contribution in [0.1, 0.15) is 22.3 Å². The minimum Gasteiger partial charge on any atom is -0.497 e. The molecule has 0 aliphatic rings. The molecule has 0 saturated carbocycles. The van der Waals surface area contributed by atoms with Crippen molar-refractivity contribution in [3.63, 3.8) is 0 Å². The number of rotatable bonds is 10. The van der Waals surface area contributed by atoms with Crippen LogP contribution in [-0.4, -0.2) is 52.1 Å². The number of methoxy groups -OCH3 is 2. The summed E-state index contributed by atoms with van der Waals surface area (Å²) >= 11 is 0. The molecular weight excluding hydrogens is 342 g/mol. The van der Waals surface area contributed by atoms with Gasteiger partial charge in [-0.1, -0.05) is 18.2 Å². The molecule has 0 saturated heterocycles. The molecule has 0 bridgehead atoms. The number of benzene rings is 2. The lowest BCUT2D eigenvalue weighted by Crippen LogP contribution is -2.15. The average molecular weight is 369 g/mol. The molecule has 2 rings (SSSR count). The Labute approximate surface area is 161 Å². The van der Waals surface area contributed by atoms with E-state index in [1.807, 2.05) is 38.4 Å². The maximum atomic E-state index is 12.5. The van der Waals surface area contributed by atoms with Crippen LogP contribution in [0.15, 0.2) is 48.5 Å². The minimum atomic E-state index is -0.133. The summed E-state index contributed by atoms with van der Waals surface area (Å²) in [7, 11) is 7.19. The van der Waals surface area contributed by atoms with Gasteiger partial charge in [-0.2, -0.15) is 0 Å². The first-order valence-corrected chi connectivity index (χ1v) is 8.85. The lowest BCUT2D eigenvalue weighted by molar-refractivity contribution is 0.104. The van der Waals surface area contributed by atoms with Crippen LogP contribution in [0.2, 0.25) is 0 Å². The molecule has 2 aromatic rings. The largest absolute Gasteiger partial charge is 0.497 e. The SMILES string of the molecule is COc1ccc(C(=O)C=Cc2cccc(OCCCN(C)C)c2)c(OC)c1. The highest BCUT2D eigenvalue weighted by Gasteiger charge is 2.10. The topological polar surface area (TPSA) is 48.0 Å². The number of hydrogen-bond acceptors (Lipinski definition) is 5. The fourth-order valence-corrected chi connectivity index (χ4v) is 2.54. The van der Waals surface area contributed by atoms with Crippen LogP contribution in [0, 0.1) is 0 Å². The van der Waals surface area contributed by atoms with Crippen molar-refractivity contribution in [2.75, 3.05) is 41.5 Å². The van der Waals surface area contributed by atoms with E-state index in [0.717, 1.165) is 24.3 Å². The molecule has 144 valence electrons. The van der Waals surface area contributed by atoms with E-state index in [2.05, 4.69) is 4.90 Å². The van der Waals surface area contributed by atoms with E-state index in [1.165, 1.54) is 13.2 Å². The van der Waals surface area contributed by atoms with Gasteiger partial charge in [0.05, 0.1) is 26.4 Å². The molecule has 0 fully saturated rings. The van der Waals surface area contributed by atoms with Gasteiger partial charge in [0.15, 0.2) is 5.78 Å². The molecule has 5 nitrogen and oxygen atoms in total. The van der Waals surface area contributed by atoms with Gasteiger partial charge in [0.2, 0.25) is 0 Å². The van der Waals surface area contributed by atoms with Gasteiger partial charge in [-0.25, -0.2) is 0 Å². The normalized spacial score (nSPS) is 11.0. The van der Waals surface area contributed by atoms with Crippen LogP contribution in [0.25, 0.3) is 6.08 Å². The highest BCUT2D eigenvalue weighted by atomic mass is 16.5. The Hall–Kier alpha value is -2.79.